The minimum Gasteiger partial charge on any atom is -0.309 e. The monoisotopic (exact) mass is 775 g/mol. The molecule has 0 aliphatic carbocycles. The molecule has 3 nitrogen and oxygen atoms in total. The third-order valence-electron chi connectivity index (χ3n) is 12.2. The predicted molar refractivity (Wildman–Crippen MR) is 256 cm³/mol. The van der Waals surface area contributed by atoms with Crippen molar-refractivity contribution in [2.45, 2.75) is 0 Å². The van der Waals surface area contributed by atoms with E-state index in [1.165, 1.54) is 54.7 Å². The fraction of sp³-hybridized carbons (Fsp3) is 0. The van der Waals surface area contributed by atoms with E-state index in [9.17, 15) is 0 Å². The molecule has 0 fully saturated rings. The molecule has 2 heterocycles. The van der Waals surface area contributed by atoms with E-state index in [2.05, 4.69) is 229 Å². The van der Waals surface area contributed by atoms with E-state index in [0.717, 1.165) is 55.5 Å². The van der Waals surface area contributed by atoms with Gasteiger partial charge in [0.15, 0.2) is 5.82 Å². The summed E-state index contributed by atoms with van der Waals surface area (Å²) in [7, 11) is 0. The first-order chi connectivity index (χ1) is 30.2. The van der Waals surface area contributed by atoms with Crippen molar-refractivity contribution in [3.8, 4) is 61.8 Å². The lowest BCUT2D eigenvalue weighted by Crippen LogP contribution is -1.98. The quantitative estimate of drug-likeness (QED) is 0.124. The van der Waals surface area contributed by atoms with E-state index < -0.39 is 0 Å². The topological polar surface area (TPSA) is 30.7 Å². The average Bonchev–Trinajstić information content (AvgIpc) is 3.68. The number of fused-ring (bicyclic) bond motifs is 7. The van der Waals surface area contributed by atoms with Gasteiger partial charge in [-0.3, -0.25) is 0 Å². The van der Waals surface area contributed by atoms with Crippen LogP contribution < -0.4 is 0 Å². The number of para-hydroxylation sites is 2. The number of benzene rings is 10. The maximum absolute atomic E-state index is 5.46. The highest BCUT2D eigenvalue weighted by atomic mass is 15.0. The van der Waals surface area contributed by atoms with Gasteiger partial charge in [-0.25, -0.2) is 9.97 Å². The SMILES string of the molecule is c1ccc(-c2ccc(-c3cc(-c4ccc(-c5cccc6c5c5ccccc5n6-c5ccccc5)cc4)nc(-c4c5ccccc5cc5c4ccc4ccccc45)n3)cc2)cc1. The van der Waals surface area contributed by atoms with Crippen molar-refractivity contribution < 1.29 is 0 Å². The molecule has 0 bridgehead atoms. The molecule has 0 saturated carbocycles. The summed E-state index contributed by atoms with van der Waals surface area (Å²) in [6, 6.07) is 80.4. The Kier molecular flexibility index (Phi) is 8.17. The van der Waals surface area contributed by atoms with Crippen molar-refractivity contribution in [2.24, 2.45) is 0 Å². The predicted octanol–water partition coefficient (Wildman–Crippen LogP) is 15.4. The zero-order chi connectivity index (χ0) is 40.3. The number of rotatable bonds is 6. The Hall–Kier alpha value is -8.14. The molecule has 0 spiro atoms. The standard InChI is InChI=1S/C58H37N3/c1-3-14-38(15-4-1)39-26-30-42(31-27-39)52-37-53(60-58(59-52)57-48-21-10-8-17-44(48)36-51-46-20-9-7-16-40(46)34-35-49(51)57)43-32-28-41(29-33-43)47-23-13-25-55-56(47)50-22-11-12-24-54(50)61(55)45-18-5-2-6-19-45/h1-37H. The summed E-state index contributed by atoms with van der Waals surface area (Å²) in [4.78, 5) is 10.9. The first-order valence-corrected chi connectivity index (χ1v) is 20.8. The Balaban J connectivity index is 1.04. The molecule has 10 aromatic carbocycles. The maximum atomic E-state index is 5.46. The lowest BCUT2D eigenvalue weighted by molar-refractivity contribution is 1.18. The zero-order valence-corrected chi connectivity index (χ0v) is 33.2. The lowest BCUT2D eigenvalue weighted by atomic mass is 9.92. The van der Waals surface area contributed by atoms with Gasteiger partial charge in [-0.2, -0.15) is 0 Å². The van der Waals surface area contributed by atoms with Crippen LogP contribution in [0.3, 0.4) is 0 Å². The molecule has 0 amide bonds. The molecule has 0 aliphatic heterocycles. The van der Waals surface area contributed by atoms with Crippen LogP contribution in [0.4, 0.5) is 0 Å². The van der Waals surface area contributed by atoms with E-state index >= 15 is 0 Å². The zero-order valence-electron chi connectivity index (χ0n) is 33.2. The van der Waals surface area contributed by atoms with Crippen LogP contribution in [0.2, 0.25) is 0 Å². The summed E-state index contributed by atoms with van der Waals surface area (Å²) in [5, 5.41) is 9.54. The van der Waals surface area contributed by atoms with Gasteiger partial charge in [0.25, 0.3) is 0 Å². The highest BCUT2D eigenvalue weighted by Gasteiger charge is 2.19. The Bertz CT molecular complexity index is 3610. The van der Waals surface area contributed by atoms with Crippen LogP contribution in [0.1, 0.15) is 0 Å². The second-order valence-corrected chi connectivity index (χ2v) is 15.7. The van der Waals surface area contributed by atoms with Gasteiger partial charge >= 0.3 is 0 Å². The van der Waals surface area contributed by atoms with Gasteiger partial charge in [-0.05, 0) is 91.0 Å². The summed E-state index contributed by atoms with van der Waals surface area (Å²) in [6.45, 7) is 0. The fourth-order valence-corrected chi connectivity index (χ4v) is 9.32. The first kappa shape index (κ1) is 34.9. The Morgan fingerprint density at radius 2 is 0.869 bits per heavy atom. The van der Waals surface area contributed by atoms with Crippen LogP contribution >= 0.6 is 0 Å². The number of aromatic nitrogens is 3. The lowest BCUT2D eigenvalue weighted by Gasteiger charge is -2.15. The molecule has 0 atom stereocenters. The third kappa shape index (κ3) is 5.90. The molecule has 0 radical (unpaired) electrons. The highest BCUT2D eigenvalue weighted by Crippen LogP contribution is 2.42. The van der Waals surface area contributed by atoms with Crippen LogP contribution in [0.15, 0.2) is 224 Å². The van der Waals surface area contributed by atoms with Gasteiger partial charge in [0, 0.05) is 33.2 Å². The summed E-state index contributed by atoms with van der Waals surface area (Å²) in [6.07, 6.45) is 0. The van der Waals surface area contributed by atoms with Crippen molar-refractivity contribution in [1.29, 1.82) is 0 Å². The van der Waals surface area contributed by atoms with E-state index in [1.54, 1.807) is 0 Å². The molecule has 0 saturated heterocycles. The highest BCUT2D eigenvalue weighted by molar-refractivity contribution is 6.20. The summed E-state index contributed by atoms with van der Waals surface area (Å²) < 4.78 is 2.37. The Morgan fingerprint density at radius 3 is 1.61 bits per heavy atom. The van der Waals surface area contributed by atoms with E-state index in [0.29, 0.717) is 5.82 Å². The van der Waals surface area contributed by atoms with Gasteiger partial charge in [0.2, 0.25) is 0 Å². The summed E-state index contributed by atoms with van der Waals surface area (Å²) >= 11 is 0. The normalized spacial score (nSPS) is 11.6. The van der Waals surface area contributed by atoms with Crippen molar-refractivity contribution in [3.63, 3.8) is 0 Å². The average molecular weight is 776 g/mol. The van der Waals surface area contributed by atoms with Crippen LogP contribution in [0.25, 0.3) is 116 Å². The van der Waals surface area contributed by atoms with Crippen molar-refractivity contribution in [1.82, 2.24) is 14.5 Å². The molecule has 61 heavy (non-hydrogen) atoms. The number of hydrogen-bond acceptors (Lipinski definition) is 2. The molecular weight excluding hydrogens is 739 g/mol. The van der Waals surface area contributed by atoms with Gasteiger partial charge in [-0.1, -0.05) is 188 Å². The minimum absolute atomic E-state index is 0.708. The molecule has 0 N–H and O–H groups in total. The molecule has 0 unspecified atom stereocenters. The van der Waals surface area contributed by atoms with E-state index in [4.69, 9.17) is 9.97 Å². The van der Waals surface area contributed by atoms with Crippen molar-refractivity contribution in [2.75, 3.05) is 0 Å². The minimum atomic E-state index is 0.708. The summed E-state index contributed by atoms with van der Waals surface area (Å²) in [5.74, 6) is 0.708. The second-order valence-electron chi connectivity index (χ2n) is 15.7. The molecule has 12 aromatic rings. The first-order valence-electron chi connectivity index (χ1n) is 20.8. The van der Waals surface area contributed by atoms with E-state index in [-0.39, 0.29) is 0 Å². The van der Waals surface area contributed by atoms with Crippen LogP contribution in [-0.2, 0) is 0 Å². The molecule has 3 heteroatoms. The molecule has 284 valence electrons. The van der Waals surface area contributed by atoms with E-state index in [1.807, 2.05) is 0 Å². The van der Waals surface area contributed by atoms with Gasteiger partial charge < -0.3 is 4.57 Å². The molecule has 2 aromatic heterocycles. The Morgan fingerprint density at radius 1 is 0.311 bits per heavy atom. The van der Waals surface area contributed by atoms with Gasteiger partial charge in [-0.15, -0.1) is 0 Å². The third-order valence-corrected chi connectivity index (χ3v) is 12.2. The van der Waals surface area contributed by atoms with Gasteiger partial charge in [0.1, 0.15) is 0 Å². The van der Waals surface area contributed by atoms with Crippen molar-refractivity contribution in [3.05, 3.63) is 224 Å². The number of nitrogens with zero attached hydrogens (tertiary/aromatic N) is 3. The van der Waals surface area contributed by atoms with Crippen LogP contribution in [0.5, 0.6) is 0 Å². The number of hydrogen-bond donors (Lipinski definition) is 0. The molecule has 12 rings (SSSR count). The van der Waals surface area contributed by atoms with Crippen LogP contribution in [0, 0.1) is 0 Å². The van der Waals surface area contributed by atoms with Crippen molar-refractivity contribution >= 4 is 54.1 Å². The smallest absolute Gasteiger partial charge is 0.161 e. The van der Waals surface area contributed by atoms with Crippen LogP contribution in [-0.4, -0.2) is 14.5 Å². The maximum Gasteiger partial charge on any atom is 0.161 e. The fourth-order valence-electron chi connectivity index (χ4n) is 9.32. The van der Waals surface area contributed by atoms with Gasteiger partial charge in [0.05, 0.1) is 22.4 Å². The molecular formula is C58H37N3. The largest absolute Gasteiger partial charge is 0.309 e. The molecule has 0 aliphatic rings. The second kappa shape index (κ2) is 14.3. The Labute approximate surface area is 353 Å². The summed E-state index contributed by atoms with van der Waals surface area (Å²) in [5.41, 5.74) is 13.1.